The first-order chi connectivity index (χ1) is 9.43. The van der Waals surface area contributed by atoms with E-state index in [-0.39, 0.29) is 11.0 Å². The highest BCUT2D eigenvalue weighted by Gasteiger charge is 2.24. The first-order valence-corrected chi connectivity index (χ1v) is 5.98. The van der Waals surface area contributed by atoms with Gasteiger partial charge in [-0.15, -0.1) is 0 Å². The predicted octanol–water partition coefficient (Wildman–Crippen LogP) is 3.55. The van der Waals surface area contributed by atoms with Crippen molar-refractivity contribution >= 4 is 17.3 Å². The third-order valence-electron chi connectivity index (χ3n) is 2.60. The number of rotatable bonds is 3. The zero-order valence-corrected chi connectivity index (χ0v) is 11.0. The van der Waals surface area contributed by atoms with Crippen molar-refractivity contribution in [3.05, 3.63) is 50.8 Å². The number of nitrogens with zero attached hydrogens (tertiary/aromatic N) is 3. The van der Waals surface area contributed by atoms with Crippen LogP contribution in [0.4, 0.5) is 14.5 Å². The third kappa shape index (κ3) is 2.57. The van der Waals surface area contributed by atoms with Crippen LogP contribution in [-0.2, 0) is 6.42 Å². The van der Waals surface area contributed by atoms with Crippen LogP contribution in [0, 0.1) is 21.7 Å². The Bertz CT molecular complexity index is 695. The summed E-state index contributed by atoms with van der Waals surface area (Å²) in [6.07, 6.45) is 0.480. The molecule has 0 spiro atoms. The van der Waals surface area contributed by atoms with Crippen molar-refractivity contribution in [2.75, 3.05) is 0 Å². The lowest BCUT2D eigenvalue weighted by Gasteiger charge is -2.06. The van der Waals surface area contributed by atoms with Crippen molar-refractivity contribution in [3.63, 3.8) is 0 Å². The fourth-order valence-electron chi connectivity index (χ4n) is 1.64. The van der Waals surface area contributed by atoms with E-state index in [4.69, 9.17) is 11.6 Å². The van der Waals surface area contributed by atoms with Crippen LogP contribution in [0.3, 0.4) is 0 Å². The Kier molecular flexibility index (Phi) is 3.89. The fraction of sp³-hybridized carbons (Fsp3) is 0.167. The summed E-state index contributed by atoms with van der Waals surface area (Å²) in [5, 5.41) is 10.7. The standard InChI is InChI=1S/C12H8ClF2N3O2/c1-2-6-5-9(13)17-12(16-6)10-7(14)3-4-8(11(10)15)18(19)20/h3-5H,2H2,1H3. The molecule has 0 saturated carbocycles. The summed E-state index contributed by atoms with van der Waals surface area (Å²) in [5.74, 6) is -2.62. The van der Waals surface area contributed by atoms with Crippen LogP contribution in [0.5, 0.6) is 0 Å². The monoisotopic (exact) mass is 299 g/mol. The van der Waals surface area contributed by atoms with Gasteiger partial charge in [-0.3, -0.25) is 10.1 Å². The molecule has 0 bridgehead atoms. The number of hydrogen-bond acceptors (Lipinski definition) is 4. The van der Waals surface area contributed by atoms with Crippen LogP contribution < -0.4 is 0 Å². The van der Waals surface area contributed by atoms with Gasteiger partial charge in [0, 0.05) is 11.8 Å². The van der Waals surface area contributed by atoms with E-state index >= 15 is 0 Å². The SMILES string of the molecule is CCc1cc(Cl)nc(-c2c(F)ccc([N+](=O)[O-])c2F)n1. The Labute approximate surface area is 117 Å². The average Bonchev–Trinajstić information content (AvgIpc) is 2.37. The number of hydrogen-bond donors (Lipinski definition) is 0. The van der Waals surface area contributed by atoms with Gasteiger partial charge in [-0.05, 0) is 18.6 Å². The van der Waals surface area contributed by atoms with Crippen molar-refractivity contribution in [1.29, 1.82) is 0 Å². The van der Waals surface area contributed by atoms with E-state index in [1.54, 1.807) is 6.92 Å². The molecule has 0 N–H and O–H groups in total. The molecule has 0 aliphatic rings. The van der Waals surface area contributed by atoms with Gasteiger partial charge in [-0.25, -0.2) is 14.4 Å². The highest BCUT2D eigenvalue weighted by atomic mass is 35.5. The van der Waals surface area contributed by atoms with Crippen molar-refractivity contribution in [2.45, 2.75) is 13.3 Å². The van der Waals surface area contributed by atoms with E-state index in [0.29, 0.717) is 12.1 Å². The van der Waals surface area contributed by atoms with Crippen molar-refractivity contribution in [3.8, 4) is 11.4 Å². The Balaban J connectivity index is 2.72. The summed E-state index contributed by atoms with van der Waals surface area (Å²) >= 11 is 5.76. The van der Waals surface area contributed by atoms with Gasteiger partial charge in [0.2, 0.25) is 5.82 Å². The van der Waals surface area contributed by atoms with Crippen LogP contribution in [0.1, 0.15) is 12.6 Å². The zero-order chi connectivity index (χ0) is 14.9. The third-order valence-corrected chi connectivity index (χ3v) is 2.79. The highest BCUT2D eigenvalue weighted by molar-refractivity contribution is 6.29. The number of halogens is 3. The number of aryl methyl sites for hydroxylation is 1. The molecule has 1 heterocycles. The fourth-order valence-corrected chi connectivity index (χ4v) is 1.85. The van der Waals surface area contributed by atoms with Gasteiger partial charge in [-0.2, -0.15) is 4.39 Å². The summed E-state index contributed by atoms with van der Waals surface area (Å²) < 4.78 is 27.8. The van der Waals surface area contributed by atoms with E-state index in [0.717, 1.165) is 12.1 Å². The molecule has 0 unspecified atom stereocenters. The first-order valence-electron chi connectivity index (χ1n) is 5.60. The van der Waals surface area contributed by atoms with Crippen LogP contribution in [-0.4, -0.2) is 14.9 Å². The molecular weight excluding hydrogens is 292 g/mol. The lowest BCUT2D eigenvalue weighted by Crippen LogP contribution is -2.02. The molecule has 0 aliphatic heterocycles. The quantitative estimate of drug-likeness (QED) is 0.494. The maximum Gasteiger partial charge on any atom is 0.305 e. The van der Waals surface area contributed by atoms with E-state index in [2.05, 4.69) is 9.97 Å². The second-order valence-electron chi connectivity index (χ2n) is 3.87. The van der Waals surface area contributed by atoms with Crippen molar-refractivity contribution in [2.24, 2.45) is 0 Å². The molecule has 5 nitrogen and oxygen atoms in total. The Morgan fingerprint density at radius 1 is 1.35 bits per heavy atom. The van der Waals surface area contributed by atoms with Gasteiger partial charge in [0.25, 0.3) is 0 Å². The molecular formula is C12H8ClF2N3O2. The number of aromatic nitrogens is 2. The molecule has 0 saturated heterocycles. The Morgan fingerprint density at radius 3 is 2.65 bits per heavy atom. The van der Waals surface area contributed by atoms with Gasteiger partial charge in [0.15, 0.2) is 5.82 Å². The molecule has 1 aromatic heterocycles. The molecule has 0 atom stereocenters. The van der Waals surface area contributed by atoms with Gasteiger partial charge in [0.1, 0.15) is 11.0 Å². The van der Waals surface area contributed by atoms with Gasteiger partial charge in [-0.1, -0.05) is 18.5 Å². The first kappa shape index (κ1) is 14.3. The van der Waals surface area contributed by atoms with E-state index in [9.17, 15) is 18.9 Å². The van der Waals surface area contributed by atoms with Crippen LogP contribution in [0.25, 0.3) is 11.4 Å². The smallest absolute Gasteiger partial charge is 0.258 e. The highest BCUT2D eigenvalue weighted by Crippen LogP contribution is 2.30. The Hall–Kier alpha value is -2.15. The topological polar surface area (TPSA) is 68.9 Å². The molecule has 1 aromatic carbocycles. The normalized spacial score (nSPS) is 10.6. The van der Waals surface area contributed by atoms with Gasteiger partial charge >= 0.3 is 5.69 Å². The largest absolute Gasteiger partial charge is 0.305 e. The van der Waals surface area contributed by atoms with E-state index in [1.165, 1.54) is 6.07 Å². The maximum atomic E-state index is 14.0. The molecule has 0 radical (unpaired) electrons. The second kappa shape index (κ2) is 5.46. The summed E-state index contributed by atoms with van der Waals surface area (Å²) in [6, 6.07) is 3.00. The van der Waals surface area contributed by atoms with Gasteiger partial charge in [0.05, 0.1) is 10.5 Å². The van der Waals surface area contributed by atoms with Crippen molar-refractivity contribution in [1.82, 2.24) is 9.97 Å². The lowest BCUT2D eigenvalue weighted by molar-refractivity contribution is -0.387. The molecule has 0 aliphatic carbocycles. The van der Waals surface area contributed by atoms with Crippen LogP contribution in [0.2, 0.25) is 5.15 Å². The molecule has 0 amide bonds. The van der Waals surface area contributed by atoms with Crippen molar-refractivity contribution < 1.29 is 13.7 Å². The average molecular weight is 300 g/mol. The number of nitro groups is 1. The minimum atomic E-state index is -1.32. The Morgan fingerprint density at radius 2 is 2.05 bits per heavy atom. The molecule has 2 rings (SSSR count). The summed E-state index contributed by atoms with van der Waals surface area (Å²) in [5.41, 5.74) is -1.02. The number of nitro benzene ring substituents is 1. The van der Waals surface area contributed by atoms with Crippen LogP contribution >= 0.6 is 11.6 Å². The molecule has 104 valence electrons. The van der Waals surface area contributed by atoms with E-state index in [1.807, 2.05) is 0 Å². The lowest BCUT2D eigenvalue weighted by atomic mass is 10.1. The summed E-state index contributed by atoms with van der Waals surface area (Å²) in [7, 11) is 0. The predicted molar refractivity (Wildman–Crippen MR) is 68.4 cm³/mol. The minimum absolute atomic E-state index is 0.0113. The molecule has 8 heteroatoms. The summed E-state index contributed by atoms with van der Waals surface area (Å²) in [6.45, 7) is 1.78. The molecule has 20 heavy (non-hydrogen) atoms. The molecule has 0 fully saturated rings. The number of benzene rings is 1. The van der Waals surface area contributed by atoms with E-state index < -0.39 is 27.8 Å². The van der Waals surface area contributed by atoms with Crippen LogP contribution in [0.15, 0.2) is 18.2 Å². The zero-order valence-electron chi connectivity index (χ0n) is 10.2. The van der Waals surface area contributed by atoms with Gasteiger partial charge < -0.3 is 0 Å². The summed E-state index contributed by atoms with van der Waals surface area (Å²) in [4.78, 5) is 17.4. The maximum absolute atomic E-state index is 14.0. The minimum Gasteiger partial charge on any atom is -0.258 e. The molecule has 2 aromatic rings. The second-order valence-corrected chi connectivity index (χ2v) is 4.26.